The number of carboxylic acids is 1. The van der Waals surface area contributed by atoms with Crippen LogP contribution in [0.1, 0.15) is 46.0 Å². The predicted octanol–water partition coefficient (Wildman–Crippen LogP) is 1.48. The van der Waals surface area contributed by atoms with Gasteiger partial charge < -0.3 is 15.3 Å². The van der Waals surface area contributed by atoms with Crippen molar-refractivity contribution in [1.82, 2.24) is 10.2 Å². The van der Waals surface area contributed by atoms with E-state index in [1.807, 2.05) is 18.7 Å². The van der Waals surface area contributed by atoms with Crippen molar-refractivity contribution in [3.05, 3.63) is 0 Å². The molecule has 0 aromatic heterocycles. The summed E-state index contributed by atoms with van der Waals surface area (Å²) in [5.41, 5.74) is -0.408. The highest BCUT2D eigenvalue weighted by Crippen LogP contribution is 2.36. The molecule has 114 valence electrons. The molecule has 2 fully saturated rings. The number of nitrogens with one attached hydrogen (secondary N) is 1. The first-order chi connectivity index (χ1) is 9.43. The zero-order valence-electron chi connectivity index (χ0n) is 12.5. The molecule has 2 heterocycles. The molecule has 20 heavy (non-hydrogen) atoms. The van der Waals surface area contributed by atoms with Crippen LogP contribution in [0.3, 0.4) is 0 Å². The van der Waals surface area contributed by atoms with Gasteiger partial charge in [-0.2, -0.15) is 0 Å². The van der Waals surface area contributed by atoms with E-state index in [0.29, 0.717) is 12.5 Å². The molecule has 2 unspecified atom stereocenters. The summed E-state index contributed by atoms with van der Waals surface area (Å²) in [6, 6.07) is -0.115. The summed E-state index contributed by atoms with van der Waals surface area (Å²) in [5, 5.41) is 12.3. The number of rotatable bonds is 4. The molecule has 2 rings (SSSR count). The van der Waals surface area contributed by atoms with Crippen molar-refractivity contribution in [3.63, 3.8) is 0 Å². The van der Waals surface area contributed by atoms with Gasteiger partial charge in [-0.1, -0.05) is 13.8 Å². The highest BCUT2D eigenvalue weighted by molar-refractivity contribution is 5.83. The lowest BCUT2D eigenvalue weighted by molar-refractivity contribution is -0.146. The van der Waals surface area contributed by atoms with E-state index in [1.54, 1.807) is 0 Å². The third-order valence-corrected chi connectivity index (χ3v) is 4.92. The fourth-order valence-electron chi connectivity index (χ4n) is 3.53. The number of carbonyl (C=O) groups excluding carboxylic acids is 1. The lowest BCUT2D eigenvalue weighted by atomic mass is 9.74. The summed E-state index contributed by atoms with van der Waals surface area (Å²) in [6.45, 7) is 6.66. The van der Waals surface area contributed by atoms with Crippen molar-refractivity contribution in [2.75, 3.05) is 19.6 Å². The molecular weight excluding hydrogens is 256 g/mol. The SMILES string of the molecule is CC(C)(C(=O)N1CCCC1CC(=O)O)C1CCCNC1. The number of amides is 1. The van der Waals surface area contributed by atoms with Crippen LogP contribution in [0.25, 0.3) is 0 Å². The first-order valence-electron chi connectivity index (χ1n) is 7.66. The van der Waals surface area contributed by atoms with Crippen molar-refractivity contribution in [1.29, 1.82) is 0 Å². The zero-order chi connectivity index (χ0) is 14.8. The molecule has 0 bridgehead atoms. The fraction of sp³-hybridized carbons (Fsp3) is 0.867. The van der Waals surface area contributed by atoms with Gasteiger partial charge in [0, 0.05) is 18.0 Å². The minimum atomic E-state index is -0.813. The average Bonchev–Trinajstić information content (AvgIpc) is 2.86. The molecule has 0 radical (unpaired) electrons. The minimum Gasteiger partial charge on any atom is -0.481 e. The number of hydrogen-bond acceptors (Lipinski definition) is 3. The predicted molar refractivity (Wildman–Crippen MR) is 76.4 cm³/mol. The Morgan fingerprint density at radius 1 is 1.30 bits per heavy atom. The van der Waals surface area contributed by atoms with Gasteiger partial charge in [0.1, 0.15) is 0 Å². The number of aliphatic carboxylic acids is 1. The van der Waals surface area contributed by atoms with E-state index in [2.05, 4.69) is 5.32 Å². The Morgan fingerprint density at radius 2 is 2.05 bits per heavy atom. The molecule has 2 saturated heterocycles. The second-order valence-corrected chi connectivity index (χ2v) is 6.66. The Balaban J connectivity index is 2.06. The van der Waals surface area contributed by atoms with E-state index in [-0.39, 0.29) is 18.4 Å². The van der Waals surface area contributed by atoms with E-state index < -0.39 is 11.4 Å². The van der Waals surface area contributed by atoms with Crippen LogP contribution >= 0.6 is 0 Å². The van der Waals surface area contributed by atoms with Crippen LogP contribution in [0.2, 0.25) is 0 Å². The van der Waals surface area contributed by atoms with Gasteiger partial charge >= 0.3 is 5.97 Å². The zero-order valence-corrected chi connectivity index (χ0v) is 12.5. The monoisotopic (exact) mass is 282 g/mol. The summed E-state index contributed by atoms with van der Waals surface area (Å²) in [7, 11) is 0. The summed E-state index contributed by atoms with van der Waals surface area (Å²) < 4.78 is 0. The summed E-state index contributed by atoms with van der Waals surface area (Å²) in [4.78, 5) is 25.6. The van der Waals surface area contributed by atoms with E-state index >= 15 is 0 Å². The third kappa shape index (κ3) is 3.14. The number of piperidine rings is 1. The number of hydrogen-bond donors (Lipinski definition) is 2. The fourth-order valence-corrected chi connectivity index (χ4v) is 3.53. The lowest BCUT2D eigenvalue weighted by Crippen LogP contribution is -2.50. The average molecular weight is 282 g/mol. The number of nitrogens with zero attached hydrogens (tertiary/aromatic N) is 1. The van der Waals surface area contributed by atoms with Crippen LogP contribution in [0, 0.1) is 11.3 Å². The van der Waals surface area contributed by atoms with Gasteiger partial charge in [-0.15, -0.1) is 0 Å². The largest absolute Gasteiger partial charge is 0.481 e. The molecule has 2 atom stereocenters. The highest BCUT2D eigenvalue weighted by atomic mass is 16.4. The van der Waals surface area contributed by atoms with Gasteiger partial charge in [-0.05, 0) is 44.7 Å². The van der Waals surface area contributed by atoms with Gasteiger partial charge in [0.05, 0.1) is 6.42 Å². The van der Waals surface area contributed by atoms with Crippen LogP contribution in [0.15, 0.2) is 0 Å². The second-order valence-electron chi connectivity index (χ2n) is 6.66. The van der Waals surface area contributed by atoms with Crippen LogP contribution in [-0.4, -0.2) is 47.6 Å². The van der Waals surface area contributed by atoms with Crippen LogP contribution < -0.4 is 5.32 Å². The molecule has 2 aliphatic heterocycles. The van der Waals surface area contributed by atoms with Crippen molar-refractivity contribution in [3.8, 4) is 0 Å². The van der Waals surface area contributed by atoms with Crippen molar-refractivity contribution in [2.24, 2.45) is 11.3 Å². The minimum absolute atomic E-state index is 0.0741. The maximum atomic E-state index is 12.9. The van der Waals surface area contributed by atoms with Crippen molar-refractivity contribution < 1.29 is 14.7 Å². The van der Waals surface area contributed by atoms with E-state index in [9.17, 15) is 9.59 Å². The van der Waals surface area contributed by atoms with E-state index in [1.165, 1.54) is 0 Å². The van der Waals surface area contributed by atoms with E-state index in [4.69, 9.17) is 5.11 Å². The molecule has 0 saturated carbocycles. The molecule has 2 aliphatic rings. The quantitative estimate of drug-likeness (QED) is 0.819. The second kappa shape index (κ2) is 6.12. The Labute approximate surface area is 120 Å². The molecule has 0 aliphatic carbocycles. The molecule has 5 heteroatoms. The Bertz CT molecular complexity index is 375. The van der Waals surface area contributed by atoms with Crippen LogP contribution in [0.4, 0.5) is 0 Å². The molecule has 5 nitrogen and oxygen atoms in total. The molecule has 0 spiro atoms. The smallest absolute Gasteiger partial charge is 0.305 e. The van der Waals surface area contributed by atoms with Crippen molar-refractivity contribution >= 4 is 11.9 Å². The normalized spacial score (nSPS) is 27.6. The summed E-state index contributed by atoms with van der Waals surface area (Å²) in [5.74, 6) is -0.336. The molecule has 2 N–H and O–H groups in total. The number of carboxylic acid groups (broad SMARTS) is 1. The number of carbonyl (C=O) groups is 2. The molecule has 0 aromatic rings. The standard InChI is InChI=1S/C15H26N2O3/c1-15(2,11-5-3-7-16-10-11)14(20)17-8-4-6-12(17)9-13(18)19/h11-12,16H,3-10H2,1-2H3,(H,18,19). The summed E-state index contributed by atoms with van der Waals surface area (Å²) >= 11 is 0. The Hall–Kier alpha value is -1.10. The Morgan fingerprint density at radius 3 is 2.65 bits per heavy atom. The van der Waals surface area contributed by atoms with Crippen molar-refractivity contribution in [2.45, 2.75) is 52.0 Å². The van der Waals surface area contributed by atoms with Gasteiger partial charge in [-0.3, -0.25) is 9.59 Å². The van der Waals surface area contributed by atoms with Crippen LogP contribution in [0.5, 0.6) is 0 Å². The summed E-state index contributed by atoms with van der Waals surface area (Å²) in [6.07, 6.45) is 3.99. The van der Waals surface area contributed by atoms with Gasteiger partial charge in [0.2, 0.25) is 5.91 Å². The van der Waals surface area contributed by atoms with E-state index in [0.717, 1.165) is 38.8 Å². The van der Waals surface area contributed by atoms with Gasteiger partial charge in [0.25, 0.3) is 0 Å². The first kappa shape index (κ1) is 15.3. The number of likely N-dealkylation sites (tertiary alicyclic amines) is 1. The first-order valence-corrected chi connectivity index (χ1v) is 7.66. The molecule has 1 amide bonds. The van der Waals surface area contributed by atoms with Crippen LogP contribution in [-0.2, 0) is 9.59 Å². The highest BCUT2D eigenvalue weighted by Gasteiger charge is 2.43. The van der Waals surface area contributed by atoms with Gasteiger partial charge in [-0.25, -0.2) is 0 Å². The molecular formula is C15H26N2O3. The maximum absolute atomic E-state index is 12.9. The lowest BCUT2D eigenvalue weighted by Gasteiger charge is -2.40. The topological polar surface area (TPSA) is 69.6 Å². The molecule has 0 aromatic carbocycles. The Kier molecular flexibility index (Phi) is 4.68. The maximum Gasteiger partial charge on any atom is 0.305 e. The third-order valence-electron chi connectivity index (χ3n) is 4.92. The van der Waals surface area contributed by atoms with Gasteiger partial charge in [0.15, 0.2) is 0 Å².